The minimum absolute atomic E-state index is 0.253. The van der Waals surface area contributed by atoms with Crippen LogP contribution < -0.4 is 14.8 Å². The molecular formula is C20H20ClNO5. The van der Waals surface area contributed by atoms with E-state index in [0.717, 1.165) is 0 Å². The second-order valence-electron chi connectivity index (χ2n) is 5.33. The van der Waals surface area contributed by atoms with Gasteiger partial charge in [0.05, 0.1) is 19.3 Å². The lowest BCUT2D eigenvalue weighted by atomic mass is 10.1. The summed E-state index contributed by atoms with van der Waals surface area (Å²) in [5, 5.41) is 3.14. The molecular weight excluding hydrogens is 370 g/mol. The molecule has 0 spiro atoms. The van der Waals surface area contributed by atoms with Crippen molar-refractivity contribution in [1.29, 1.82) is 0 Å². The van der Waals surface area contributed by atoms with Crippen molar-refractivity contribution in [3.05, 3.63) is 65.2 Å². The van der Waals surface area contributed by atoms with Crippen LogP contribution in [0.2, 0.25) is 5.02 Å². The van der Waals surface area contributed by atoms with Gasteiger partial charge in [-0.05, 0) is 37.3 Å². The van der Waals surface area contributed by atoms with Crippen LogP contribution in [0.5, 0.6) is 11.5 Å². The fraction of sp³-hybridized carbons (Fsp3) is 0.200. The largest absolute Gasteiger partial charge is 0.496 e. The van der Waals surface area contributed by atoms with E-state index < -0.39 is 11.9 Å². The van der Waals surface area contributed by atoms with Gasteiger partial charge in [-0.15, -0.1) is 0 Å². The third-order valence-corrected chi connectivity index (χ3v) is 3.73. The average Bonchev–Trinajstić information content (AvgIpc) is 2.66. The van der Waals surface area contributed by atoms with Crippen molar-refractivity contribution in [2.45, 2.75) is 6.92 Å². The lowest BCUT2D eigenvalue weighted by molar-refractivity contribution is 0.0522. The standard InChI is InChI=1S/C20H20ClNO5/c1-4-10-27-17-9-6-13(21)11-16(17)19(23)22-14-7-8-15(18(12-14)25-3)20(24)26-5-2/h4,6-9,11-12H,1,5,10H2,2-3H3,(H,22,23). The second kappa shape index (κ2) is 9.64. The van der Waals surface area contributed by atoms with E-state index in [-0.39, 0.29) is 24.3 Å². The number of halogens is 1. The quantitative estimate of drug-likeness (QED) is 0.537. The van der Waals surface area contributed by atoms with E-state index in [1.165, 1.54) is 19.2 Å². The first kappa shape index (κ1) is 20.3. The number of anilines is 1. The summed E-state index contributed by atoms with van der Waals surface area (Å²) >= 11 is 6.00. The van der Waals surface area contributed by atoms with Crippen molar-refractivity contribution >= 4 is 29.2 Å². The highest BCUT2D eigenvalue weighted by Gasteiger charge is 2.17. The summed E-state index contributed by atoms with van der Waals surface area (Å²) in [5.74, 6) is -0.239. The molecule has 27 heavy (non-hydrogen) atoms. The molecule has 1 amide bonds. The Kier molecular flexibility index (Phi) is 7.25. The van der Waals surface area contributed by atoms with Gasteiger partial charge in [0.2, 0.25) is 0 Å². The van der Waals surface area contributed by atoms with Gasteiger partial charge in [-0.3, -0.25) is 4.79 Å². The predicted octanol–water partition coefficient (Wildman–Crippen LogP) is 4.34. The monoisotopic (exact) mass is 389 g/mol. The summed E-state index contributed by atoms with van der Waals surface area (Å²) in [6, 6.07) is 9.42. The molecule has 0 aliphatic rings. The van der Waals surface area contributed by atoms with Crippen LogP contribution in [0.15, 0.2) is 49.1 Å². The SMILES string of the molecule is C=CCOc1ccc(Cl)cc1C(=O)Nc1ccc(C(=O)OCC)c(OC)c1. The Hall–Kier alpha value is -2.99. The molecule has 0 fully saturated rings. The van der Waals surface area contributed by atoms with Crippen LogP contribution in [-0.4, -0.2) is 32.2 Å². The van der Waals surface area contributed by atoms with Crippen LogP contribution in [0.3, 0.4) is 0 Å². The molecule has 0 bridgehead atoms. The fourth-order valence-corrected chi connectivity index (χ4v) is 2.47. The van der Waals surface area contributed by atoms with Crippen molar-refractivity contribution in [1.82, 2.24) is 0 Å². The first-order valence-corrected chi connectivity index (χ1v) is 8.57. The number of hydrogen-bond donors (Lipinski definition) is 1. The smallest absolute Gasteiger partial charge is 0.341 e. The molecule has 142 valence electrons. The van der Waals surface area contributed by atoms with Crippen LogP contribution in [0.25, 0.3) is 0 Å². The third-order valence-electron chi connectivity index (χ3n) is 3.50. The molecule has 0 aromatic heterocycles. The van der Waals surface area contributed by atoms with E-state index in [1.54, 1.807) is 37.3 Å². The maximum absolute atomic E-state index is 12.7. The summed E-state index contributed by atoms with van der Waals surface area (Å²) < 4.78 is 15.7. The molecule has 0 atom stereocenters. The van der Waals surface area contributed by atoms with Crippen molar-refractivity contribution in [3.8, 4) is 11.5 Å². The normalized spacial score (nSPS) is 10.0. The summed E-state index contributed by atoms with van der Waals surface area (Å²) in [5.41, 5.74) is 0.993. The molecule has 2 aromatic rings. The molecule has 1 N–H and O–H groups in total. The van der Waals surface area contributed by atoms with Gasteiger partial charge in [-0.2, -0.15) is 0 Å². The van der Waals surface area contributed by atoms with Crippen LogP contribution in [0, 0.1) is 0 Å². The number of hydrogen-bond acceptors (Lipinski definition) is 5. The molecule has 7 heteroatoms. The topological polar surface area (TPSA) is 73.9 Å². The Balaban J connectivity index is 2.26. The average molecular weight is 390 g/mol. The molecule has 0 aliphatic heterocycles. The van der Waals surface area contributed by atoms with E-state index in [9.17, 15) is 9.59 Å². The first-order chi connectivity index (χ1) is 13.0. The Bertz CT molecular complexity index is 850. The van der Waals surface area contributed by atoms with Gasteiger partial charge < -0.3 is 19.5 Å². The van der Waals surface area contributed by atoms with E-state index in [4.69, 9.17) is 25.8 Å². The van der Waals surface area contributed by atoms with Gasteiger partial charge >= 0.3 is 5.97 Å². The zero-order chi connectivity index (χ0) is 19.8. The van der Waals surface area contributed by atoms with Gasteiger partial charge in [-0.25, -0.2) is 4.79 Å². The summed E-state index contributed by atoms with van der Waals surface area (Å²) in [7, 11) is 1.43. The van der Waals surface area contributed by atoms with E-state index in [2.05, 4.69) is 11.9 Å². The van der Waals surface area contributed by atoms with Crippen molar-refractivity contribution in [2.24, 2.45) is 0 Å². The predicted molar refractivity (Wildman–Crippen MR) is 104 cm³/mol. The maximum Gasteiger partial charge on any atom is 0.341 e. The Morgan fingerprint density at radius 1 is 1.15 bits per heavy atom. The molecule has 6 nitrogen and oxygen atoms in total. The number of ether oxygens (including phenoxy) is 3. The summed E-state index contributed by atoms with van der Waals surface area (Å²) in [6.45, 7) is 5.81. The molecule has 0 unspecified atom stereocenters. The summed E-state index contributed by atoms with van der Waals surface area (Å²) in [4.78, 5) is 24.6. The number of methoxy groups -OCH3 is 1. The number of amides is 1. The highest BCUT2D eigenvalue weighted by atomic mass is 35.5. The first-order valence-electron chi connectivity index (χ1n) is 8.19. The van der Waals surface area contributed by atoms with Crippen LogP contribution in [0.4, 0.5) is 5.69 Å². The molecule has 2 aromatic carbocycles. The van der Waals surface area contributed by atoms with Gasteiger partial charge in [0.1, 0.15) is 23.7 Å². The van der Waals surface area contributed by atoms with Gasteiger partial charge in [-0.1, -0.05) is 24.3 Å². The highest BCUT2D eigenvalue weighted by Crippen LogP contribution is 2.27. The number of nitrogens with one attached hydrogen (secondary N) is 1. The highest BCUT2D eigenvalue weighted by molar-refractivity contribution is 6.31. The summed E-state index contributed by atoms with van der Waals surface area (Å²) in [6.07, 6.45) is 1.58. The number of esters is 1. The van der Waals surface area contributed by atoms with Gasteiger partial charge in [0, 0.05) is 16.8 Å². The van der Waals surface area contributed by atoms with Gasteiger partial charge in [0.25, 0.3) is 5.91 Å². The lowest BCUT2D eigenvalue weighted by Crippen LogP contribution is -2.14. The van der Waals surface area contributed by atoms with E-state index >= 15 is 0 Å². The minimum Gasteiger partial charge on any atom is -0.496 e. The van der Waals surface area contributed by atoms with Crippen LogP contribution >= 0.6 is 11.6 Å². The number of benzene rings is 2. The van der Waals surface area contributed by atoms with E-state index in [1.807, 2.05) is 0 Å². The molecule has 0 aliphatic carbocycles. The molecule has 0 saturated heterocycles. The van der Waals surface area contributed by atoms with Crippen LogP contribution in [0.1, 0.15) is 27.6 Å². The number of carbonyl (C=O) groups is 2. The zero-order valence-electron chi connectivity index (χ0n) is 15.1. The maximum atomic E-state index is 12.7. The minimum atomic E-state index is -0.498. The number of rotatable bonds is 8. The van der Waals surface area contributed by atoms with Crippen molar-refractivity contribution < 1.29 is 23.8 Å². The van der Waals surface area contributed by atoms with Gasteiger partial charge in [0.15, 0.2) is 0 Å². The van der Waals surface area contributed by atoms with Crippen LogP contribution in [-0.2, 0) is 4.74 Å². The van der Waals surface area contributed by atoms with Crippen molar-refractivity contribution in [3.63, 3.8) is 0 Å². The Morgan fingerprint density at radius 3 is 2.59 bits per heavy atom. The second-order valence-corrected chi connectivity index (χ2v) is 5.77. The lowest BCUT2D eigenvalue weighted by Gasteiger charge is -2.13. The third kappa shape index (κ3) is 5.24. The van der Waals surface area contributed by atoms with E-state index in [0.29, 0.717) is 22.2 Å². The molecule has 2 rings (SSSR count). The molecule has 0 heterocycles. The van der Waals surface area contributed by atoms with Crippen molar-refractivity contribution in [2.75, 3.05) is 25.6 Å². The zero-order valence-corrected chi connectivity index (χ0v) is 15.8. The molecule has 0 saturated carbocycles. The Morgan fingerprint density at radius 2 is 1.93 bits per heavy atom. The fourth-order valence-electron chi connectivity index (χ4n) is 2.30. The Labute approximate surface area is 162 Å². The molecule has 0 radical (unpaired) electrons. The number of carbonyl (C=O) groups excluding carboxylic acids is 2.